The lowest BCUT2D eigenvalue weighted by Gasteiger charge is -2.08. The summed E-state index contributed by atoms with van der Waals surface area (Å²) in [5.74, 6) is 0. The van der Waals surface area contributed by atoms with Crippen LogP contribution in [-0.2, 0) is 23.6 Å². The van der Waals surface area contributed by atoms with E-state index in [0.29, 0.717) is 6.61 Å². The normalized spacial score (nSPS) is 10.8. The molecule has 2 rings (SSSR count). The highest BCUT2D eigenvalue weighted by atomic mass is 127. The van der Waals surface area contributed by atoms with Crippen LogP contribution in [-0.4, -0.2) is 0 Å². The van der Waals surface area contributed by atoms with E-state index in [1.807, 2.05) is 0 Å². The third-order valence-corrected chi connectivity index (χ3v) is 4.48. The molecular formula is C17H19IOS. The summed E-state index contributed by atoms with van der Waals surface area (Å²) in [6.45, 7) is 5.01. The van der Waals surface area contributed by atoms with Crippen LogP contribution in [0.1, 0.15) is 34.7 Å². The maximum Gasteiger partial charge on any atom is 0.0876 e. The van der Waals surface area contributed by atoms with Crippen molar-refractivity contribution in [3.05, 3.63) is 70.3 Å². The average molecular weight is 398 g/mol. The lowest BCUT2D eigenvalue weighted by Crippen LogP contribution is -1.94. The molecule has 0 amide bonds. The first kappa shape index (κ1) is 15.9. The summed E-state index contributed by atoms with van der Waals surface area (Å²) in [7, 11) is 1.39. The van der Waals surface area contributed by atoms with Gasteiger partial charge in [0.1, 0.15) is 0 Å². The molecular weight excluding hydrogens is 379 g/mol. The predicted octanol–water partition coefficient (Wildman–Crippen LogP) is 5.66. The third kappa shape index (κ3) is 4.50. The topological polar surface area (TPSA) is 9.23 Å². The van der Waals surface area contributed by atoms with E-state index in [1.54, 1.807) is 0 Å². The van der Waals surface area contributed by atoms with Crippen LogP contribution in [0.15, 0.2) is 42.5 Å². The van der Waals surface area contributed by atoms with Crippen LogP contribution < -0.4 is 0 Å². The summed E-state index contributed by atoms with van der Waals surface area (Å²) in [5.41, 5.74) is 6.69. The molecule has 0 fully saturated rings. The van der Waals surface area contributed by atoms with Crippen molar-refractivity contribution >= 4 is 30.4 Å². The van der Waals surface area contributed by atoms with E-state index in [0.717, 1.165) is 12.8 Å². The predicted molar refractivity (Wildman–Crippen MR) is 96.2 cm³/mol. The number of halogens is 1. The minimum Gasteiger partial charge on any atom is -0.301 e. The van der Waals surface area contributed by atoms with Gasteiger partial charge in [-0.15, -0.1) is 0 Å². The van der Waals surface area contributed by atoms with Crippen molar-refractivity contribution in [2.45, 2.75) is 33.3 Å². The second kappa shape index (κ2) is 8.05. The Bertz CT molecular complexity index is 551. The minimum absolute atomic E-state index is 0.672. The van der Waals surface area contributed by atoms with Gasteiger partial charge in [-0.25, -0.2) is 0 Å². The van der Waals surface area contributed by atoms with Crippen LogP contribution in [0.25, 0.3) is 0 Å². The van der Waals surface area contributed by atoms with Crippen molar-refractivity contribution in [3.8, 4) is 0 Å². The van der Waals surface area contributed by atoms with Gasteiger partial charge in [0.15, 0.2) is 0 Å². The molecule has 0 unspecified atom stereocenters. The molecule has 0 radical (unpaired) electrons. The van der Waals surface area contributed by atoms with Crippen LogP contribution in [0.3, 0.4) is 0 Å². The summed E-state index contributed by atoms with van der Waals surface area (Å²) in [6.07, 6.45) is 2.09. The molecule has 3 heteroatoms. The van der Waals surface area contributed by atoms with Crippen molar-refractivity contribution in [2.75, 3.05) is 0 Å². The van der Waals surface area contributed by atoms with Crippen molar-refractivity contribution in [3.63, 3.8) is 0 Å². The number of hydrogen-bond acceptors (Lipinski definition) is 2. The van der Waals surface area contributed by atoms with E-state index in [2.05, 4.69) is 77.5 Å². The second-order valence-electron chi connectivity index (χ2n) is 4.93. The Morgan fingerprint density at radius 2 is 1.65 bits per heavy atom. The average Bonchev–Trinajstić information content (AvgIpc) is 2.47. The first-order valence-electron chi connectivity index (χ1n) is 6.79. The molecule has 0 aliphatic carbocycles. The van der Waals surface area contributed by atoms with Crippen molar-refractivity contribution in [2.24, 2.45) is 0 Å². The largest absolute Gasteiger partial charge is 0.301 e. The maximum atomic E-state index is 5.39. The quantitative estimate of drug-likeness (QED) is 0.459. The van der Waals surface area contributed by atoms with Crippen LogP contribution in [0.2, 0.25) is 0 Å². The Morgan fingerprint density at radius 3 is 2.25 bits per heavy atom. The second-order valence-corrected chi connectivity index (χ2v) is 6.37. The molecule has 1 nitrogen and oxygen atoms in total. The third-order valence-electron chi connectivity index (χ3n) is 3.51. The molecule has 0 spiro atoms. The van der Waals surface area contributed by atoms with Gasteiger partial charge in [0.2, 0.25) is 0 Å². The van der Waals surface area contributed by atoms with Crippen LogP contribution in [0.5, 0.6) is 0 Å². The molecule has 2 aromatic rings. The van der Waals surface area contributed by atoms with E-state index in [1.165, 1.54) is 37.0 Å². The highest BCUT2D eigenvalue weighted by molar-refractivity contribution is 14.2. The molecule has 0 aromatic heterocycles. The van der Waals surface area contributed by atoms with E-state index < -0.39 is 0 Å². The van der Waals surface area contributed by atoms with Gasteiger partial charge < -0.3 is 4.18 Å². The Labute approximate surface area is 137 Å². The number of aryl methyl sites for hydroxylation is 2. The van der Waals surface area contributed by atoms with Gasteiger partial charge in [0.25, 0.3) is 0 Å². The maximum absolute atomic E-state index is 5.39. The van der Waals surface area contributed by atoms with Gasteiger partial charge in [-0.1, -0.05) is 49.4 Å². The fourth-order valence-corrected chi connectivity index (χ4v) is 2.80. The molecule has 20 heavy (non-hydrogen) atoms. The number of rotatable bonds is 6. The first-order chi connectivity index (χ1) is 9.72. The highest BCUT2D eigenvalue weighted by Gasteiger charge is 2.02. The molecule has 0 heterocycles. The fraction of sp³-hybridized carbons (Fsp3) is 0.294. The smallest absolute Gasteiger partial charge is 0.0876 e. The van der Waals surface area contributed by atoms with E-state index in [9.17, 15) is 0 Å². The molecule has 0 N–H and O–H groups in total. The molecule has 0 aliphatic heterocycles. The zero-order valence-electron chi connectivity index (χ0n) is 11.9. The zero-order valence-corrected chi connectivity index (χ0v) is 14.8. The van der Waals surface area contributed by atoms with Gasteiger partial charge in [0.05, 0.1) is 15.8 Å². The lowest BCUT2D eigenvalue weighted by molar-refractivity contribution is 0.370. The highest BCUT2D eigenvalue weighted by Crippen LogP contribution is 2.20. The SMILES string of the molecule is CCc1ccc(Cc2ccc(COSI)c(C)c2)cc1. The van der Waals surface area contributed by atoms with Gasteiger partial charge in [0, 0.05) is 21.2 Å². The zero-order chi connectivity index (χ0) is 14.4. The first-order valence-corrected chi connectivity index (χ1v) is 10.1. The van der Waals surface area contributed by atoms with Gasteiger partial charge >= 0.3 is 0 Å². The molecule has 0 bridgehead atoms. The van der Waals surface area contributed by atoms with E-state index in [4.69, 9.17) is 4.18 Å². The molecule has 0 saturated carbocycles. The summed E-state index contributed by atoms with van der Waals surface area (Å²) in [6, 6.07) is 15.6. The standard InChI is InChI=1S/C17H19IOS/c1-3-14-4-6-15(7-5-14)11-16-8-9-17(12-19-20-18)13(2)10-16/h4-10H,3,11-12H2,1-2H3. The van der Waals surface area contributed by atoms with Gasteiger partial charge in [-0.05, 0) is 47.6 Å². The van der Waals surface area contributed by atoms with E-state index in [-0.39, 0.29) is 0 Å². The van der Waals surface area contributed by atoms with E-state index >= 15 is 0 Å². The number of hydrogen-bond donors (Lipinski definition) is 0. The van der Waals surface area contributed by atoms with Crippen molar-refractivity contribution in [1.29, 1.82) is 0 Å². The molecule has 0 saturated heterocycles. The lowest BCUT2D eigenvalue weighted by atomic mass is 9.99. The van der Waals surface area contributed by atoms with Gasteiger partial charge in [-0.2, -0.15) is 0 Å². The van der Waals surface area contributed by atoms with Crippen LogP contribution in [0, 0.1) is 6.92 Å². The Morgan fingerprint density at radius 1 is 1.00 bits per heavy atom. The minimum atomic E-state index is 0.672. The van der Waals surface area contributed by atoms with Crippen molar-refractivity contribution < 1.29 is 4.18 Å². The monoisotopic (exact) mass is 398 g/mol. The summed E-state index contributed by atoms with van der Waals surface area (Å²) >= 11 is 2.15. The van der Waals surface area contributed by atoms with Crippen LogP contribution >= 0.6 is 30.4 Å². The van der Waals surface area contributed by atoms with Crippen LogP contribution in [0.4, 0.5) is 0 Å². The number of benzene rings is 2. The van der Waals surface area contributed by atoms with Gasteiger partial charge in [-0.3, -0.25) is 0 Å². The summed E-state index contributed by atoms with van der Waals surface area (Å²) in [4.78, 5) is 0. The fourth-order valence-electron chi connectivity index (χ4n) is 2.24. The Balaban J connectivity index is 2.07. The summed E-state index contributed by atoms with van der Waals surface area (Å²) in [5, 5.41) is 0. The Hall–Kier alpha value is -0.520. The summed E-state index contributed by atoms with van der Waals surface area (Å²) < 4.78 is 5.39. The molecule has 0 atom stereocenters. The molecule has 106 valence electrons. The molecule has 0 aliphatic rings. The van der Waals surface area contributed by atoms with Crippen molar-refractivity contribution in [1.82, 2.24) is 0 Å². The Kier molecular flexibility index (Phi) is 6.39. The molecule has 2 aromatic carbocycles.